The summed E-state index contributed by atoms with van der Waals surface area (Å²) in [5.74, 6) is 0.100. The Bertz CT molecular complexity index is 517. The van der Waals surface area contributed by atoms with Crippen LogP contribution in [0.15, 0.2) is 24.3 Å². The molecule has 120 valence electrons. The fourth-order valence-corrected chi connectivity index (χ4v) is 3.35. The third kappa shape index (κ3) is 3.84. The fourth-order valence-electron chi connectivity index (χ4n) is 3.35. The molecular formula is C17H23FN2O2. The van der Waals surface area contributed by atoms with E-state index in [-0.39, 0.29) is 11.7 Å². The van der Waals surface area contributed by atoms with Gasteiger partial charge < -0.3 is 9.64 Å². The van der Waals surface area contributed by atoms with Crippen LogP contribution < -0.4 is 0 Å². The molecule has 1 aromatic carbocycles. The summed E-state index contributed by atoms with van der Waals surface area (Å²) in [6, 6.07) is 5.98. The molecule has 0 aromatic heterocycles. The molecule has 1 atom stereocenters. The van der Waals surface area contributed by atoms with Crippen molar-refractivity contribution in [1.82, 2.24) is 9.80 Å². The van der Waals surface area contributed by atoms with Gasteiger partial charge in [0.2, 0.25) is 0 Å². The predicted octanol–water partition coefficient (Wildman–Crippen LogP) is 2.01. The van der Waals surface area contributed by atoms with Crippen molar-refractivity contribution >= 4 is 5.91 Å². The smallest absolute Gasteiger partial charge is 0.253 e. The second kappa shape index (κ2) is 7.20. The number of hydrogen-bond donors (Lipinski definition) is 0. The number of ether oxygens (including phenoxy) is 1. The predicted molar refractivity (Wildman–Crippen MR) is 82.3 cm³/mol. The van der Waals surface area contributed by atoms with Gasteiger partial charge in [-0.15, -0.1) is 0 Å². The number of likely N-dealkylation sites (tertiary alicyclic amines) is 1. The Morgan fingerprint density at radius 3 is 2.86 bits per heavy atom. The first kappa shape index (κ1) is 15.4. The van der Waals surface area contributed by atoms with E-state index in [2.05, 4.69) is 4.90 Å². The number of amides is 1. The SMILES string of the molecule is O=C(c1cccc(F)c1)N1CCCC(CN2CCOCC2)C1. The van der Waals surface area contributed by atoms with Crippen molar-refractivity contribution in [2.24, 2.45) is 5.92 Å². The average Bonchev–Trinajstić information content (AvgIpc) is 2.55. The van der Waals surface area contributed by atoms with Crippen LogP contribution in [0.4, 0.5) is 4.39 Å². The van der Waals surface area contributed by atoms with Gasteiger partial charge >= 0.3 is 0 Å². The highest BCUT2D eigenvalue weighted by atomic mass is 19.1. The van der Waals surface area contributed by atoms with Crippen LogP contribution in [-0.2, 0) is 4.74 Å². The van der Waals surface area contributed by atoms with Gasteiger partial charge in [0.25, 0.3) is 5.91 Å². The van der Waals surface area contributed by atoms with Crippen molar-refractivity contribution < 1.29 is 13.9 Å². The number of piperidine rings is 1. The molecule has 2 aliphatic heterocycles. The number of benzene rings is 1. The minimum Gasteiger partial charge on any atom is -0.379 e. The van der Waals surface area contributed by atoms with Gasteiger partial charge in [-0.2, -0.15) is 0 Å². The number of hydrogen-bond acceptors (Lipinski definition) is 3. The van der Waals surface area contributed by atoms with E-state index in [0.29, 0.717) is 11.5 Å². The molecule has 5 heteroatoms. The van der Waals surface area contributed by atoms with E-state index in [1.54, 1.807) is 12.1 Å². The van der Waals surface area contributed by atoms with E-state index in [1.165, 1.54) is 12.1 Å². The second-order valence-electron chi connectivity index (χ2n) is 6.18. The highest BCUT2D eigenvalue weighted by molar-refractivity contribution is 5.94. The summed E-state index contributed by atoms with van der Waals surface area (Å²) >= 11 is 0. The molecule has 22 heavy (non-hydrogen) atoms. The maximum absolute atomic E-state index is 13.3. The molecule has 3 rings (SSSR count). The standard InChI is InChI=1S/C17H23FN2O2/c18-16-5-1-4-15(11-16)17(21)20-6-2-3-14(13-20)12-19-7-9-22-10-8-19/h1,4-5,11,14H,2-3,6-10,12-13H2. The van der Waals surface area contributed by atoms with Crippen LogP contribution in [0.3, 0.4) is 0 Å². The van der Waals surface area contributed by atoms with Crippen LogP contribution in [0.25, 0.3) is 0 Å². The van der Waals surface area contributed by atoms with Crippen LogP contribution in [0.1, 0.15) is 23.2 Å². The highest BCUT2D eigenvalue weighted by Gasteiger charge is 2.26. The van der Waals surface area contributed by atoms with Gasteiger partial charge in [0, 0.05) is 38.3 Å². The molecule has 0 bridgehead atoms. The first-order chi connectivity index (χ1) is 10.7. The molecule has 1 amide bonds. The van der Waals surface area contributed by atoms with E-state index in [0.717, 1.165) is 58.8 Å². The minimum atomic E-state index is -0.354. The Balaban J connectivity index is 1.58. The normalized spacial score (nSPS) is 23.5. The van der Waals surface area contributed by atoms with E-state index in [1.807, 2.05) is 4.90 Å². The zero-order chi connectivity index (χ0) is 15.4. The summed E-state index contributed by atoms with van der Waals surface area (Å²) in [5.41, 5.74) is 0.451. The molecule has 0 saturated carbocycles. The lowest BCUT2D eigenvalue weighted by Gasteiger charge is -2.36. The van der Waals surface area contributed by atoms with Gasteiger partial charge in [-0.25, -0.2) is 4.39 Å². The van der Waals surface area contributed by atoms with Crippen molar-refractivity contribution in [1.29, 1.82) is 0 Å². The largest absolute Gasteiger partial charge is 0.379 e. The summed E-state index contributed by atoms with van der Waals surface area (Å²) in [6.45, 7) is 6.14. The third-order valence-corrected chi connectivity index (χ3v) is 4.50. The van der Waals surface area contributed by atoms with Crippen LogP contribution in [-0.4, -0.2) is 61.6 Å². The zero-order valence-corrected chi connectivity index (χ0v) is 12.8. The Morgan fingerprint density at radius 2 is 2.09 bits per heavy atom. The Hall–Kier alpha value is -1.46. The molecule has 1 aromatic rings. The number of nitrogens with zero attached hydrogens (tertiary/aromatic N) is 2. The third-order valence-electron chi connectivity index (χ3n) is 4.50. The van der Waals surface area contributed by atoms with Crippen molar-refractivity contribution in [2.75, 3.05) is 45.9 Å². The monoisotopic (exact) mass is 306 g/mol. The molecular weight excluding hydrogens is 283 g/mol. The van der Waals surface area contributed by atoms with Gasteiger partial charge in [-0.3, -0.25) is 9.69 Å². The maximum Gasteiger partial charge on any atom is 0.253 e. The van der Waals surface area contributed by atoms with Crippen molar-refractivity contribution in [2.45, 2.75) is 12.8 Å². The lowest BCUT2D eigenvalue weighted by Crippen LogP contribution is -2.46. The van der Waals surface area contributed by atoms with E-state index >= 15 is 0 Å². The average molecular weight is 306 g/mol. The molecule has 2 heterocycles. The molecule has 4 nitrogen and oxygen atoms in total. The lowest BCUT2D eigenvalue weighted by atomic mass is 9.96. The van der Waals surface area contributed by atoms with Crippen LogP contribution >= 0.6 is 0 Å². The summed E-state index contributed by atoms with van der Waals surface area (Å²) in [4.78, 5) is 16.8. The second-order valence-corrected chi connectivity index (χ2v) is 6.18. The number of carbonyl (C=O) groups excluding carboxylic acids is 1. The summed E-state index contributed by atoms with van der Waals surface area (Å²) in [7, 11) is 0. The van der Waals surface area contributed by atoms with Gasteiger partial charge in [0.05, 0.1) is 13.2 Å². The lowest BCUT2D eigenvalue weighted by molar-refractivity contribution is 0.0224. The van der Waals surface area contributed by atoms with Gasteiger partial charge in [0.1, 0.15) is 5.82 Å². The Morgan fingerprint density at radius 1 is 1.27 bits per heavy atom. The summed E-state index contributed by atoms with van der Waals surface area (Å²) in [6.07, 6.45) is 2.18. The molecule has 0 spiro atoms. The molecule has 2 saturated heterocycles. The quantitative estimate of drug-likeness (QED) is 0.856. The van der Waals surface area contributed by atoms with Crippen LogP contribution in [0.5, 0.6) is 0 Å². The Kier molecular flexibility index (Phi) is 5.05. The zero-order valence-electron chi connectivity index (χ0n) is 12.8. The van der Waals surface area contributed by atoms with Crippen LogP contribution in [0, 0.1) is 11.7 Å². The fraction of sp³-hybridized carbons (Fsp3) is 0.588. The summed E-state index contributed by atoms with van der Waals surface area (Å²) in [5, 5.41) is 0. The van der Waals surface area contributed by atoms with E-state index in [9.17, 15) is 9.18 Å². The summed E-state index contributed by atoms with van der Waals surface area (Å²) < 4.78 is 18.7. The van der Waals surface area contributed by atoms with Gasteiger partial charge in [-0.1, -0.05) is 6.07 Å². The number of rotatable bonds is 3. The minimum absolute atomic E-state index is 0.0498. The topological polar surface area (TPSA) is 32.8 Å². The van der Waals surface area contributed by atoms with Crippen LogP contribution in [0.2, 0.25) is 0 Å². The Labute approximate surface area is 130 Å². The maximum atomic E-state index is 13.3. The van der Waals surface area contributed by atoms with Crippen molar-refractivity contribution in [3.63, 3.8) is 0 Å². The molecule has 2 aliphatic rings. The first-order valence-corrected chi connectivity index (χ1v) is 8.07. The van der Waals surface area contributed by atoms with Gasteiger partial charge in [0.15, 0.2) is 0 Å². The number of carbonyl (C=O) groups is 1. The molecule has 0 radical (unpaired) electrons. The molecule has 2 fully saturated rings. The van der Waals surface area contributed by atoms with Crippen molar-refractivity contribution in [3.8, 4) is 0 Å². The number of halogens is 1. The van der Waals surface area contributed by atoms with E-state index in [4.69, 9.17) is 4.74 Å². The van der Waals surface area contributed by atoms with Crippen molar-refractivity contribution in [3.05, 3.63) is 35.6 Å². The van der Waals surface area contributed by atoms with Gasteiger partial charge in [-0.05, 0) is 37.0 Å². The molecule has 0 aliphatic carbocycles. The molecule has 1 unspecified atom stereocenters. The highest BCUT2D eigenvalue weighted by Crippen LogP contribution is 2.20. The van der Waals surface area contributed by atoms with E-state index < -0.39 is 0 Å². The molecule has 0 N–H and O–H groups in total. The first-order valence-electron chi connectivity index (χ1n) is 8.07. The number of morpholine rings is 1.